The van der Waals surface area contributed by atoms with Gasteiger partial charge in [0.2, 0.25) is 5.91 Å². The highest BCUT2D eigenvalue weighted by Gasteiger charge is 2.39. The zero-order valence-electron chi connectivity index (χ0n) is 19.7. The molecule has 8 heteroatoms. The summed E-state index contributed by atoms with van der Waals surface area (Å²) in [5.74, 6) is 0.151. The molecule has 2 atom stereocenters. The van der Waals surface area contributed by atoms with Crippen molar-refractivity contribution in [1.29, 1.82) is 0 Å². The number of ether oxygens (including phenoxy) is 3. The molecule has 2 amide bonds. The number of benzene rings is 2. The number of hydrogen-bond donors (Lipinski definition) is 1. The van der Waals surface area contributed by atoms with Crippen molar-refractivity contribution >= 4 is 23.7 Å². The lowest BCUT2D eigenvalue weighted by molar-refractivity contribution is -0.116. The van der Waals surface area contributed by atoms with Crippen LogP contribution in [0, 0.1) is 0 Å². The van der Waals surface area contributed by atoms with E-state index in [1.807, 2.05) is 24.3 Å². The predicted octanol–water partition coefficient (Wildman–Crippen LogP) is 4.19. The first-order valence-corrected chi connectivity index (χ1v) is 11.5. The number of nitrogens with one attached hydrogen (secondary N) is 1. The van der Waals surface area contributed by atoms with Crippen molar-refractivity contribution in [2.24, 2.45) is 0 Å². The summed E-state index contributed by atoms with van der Waals surface area (Å²) in [6, 6.07) is 14.0. The topological polar surface area (TPSA) is 94.2 Å². The monoisotopic (exact) mass is 466 g/mol. The molecule has 34 heavy (non-hydrogen) atoms. The van der Waals surface area contributed by atoms with Crippen LogP contribution in [-0.4, -0.2) is 53.8 Å². The number of carbonyl (C=O) groups is 3. The third kappa shape index (κ3) is 5.87. The van der Waals surface area contributed by atoms with Gasteiger partial charge in [0, 0.05) is 24.6 Å². The van der Waals surface area contributed by atoms with E-state index >= 15 is 0 Å². The van der Waals surface area contributed by atoms with E-state index in [1.54, 1.807) is 49.9 Å². The third-order valence-electron chi connectivity index (χ3n) is 5.70. The molecule has 2 aromatic carbocycles. The maximum absolute atomic E-state index is 12.9. The Kier molecular flexibility index (Phi) is 6.77. The molecular weight excluding hydrogens is 436 g/mol. The van der Waals surface area contributed by atoms with Gasteiger partial charge in [0.15, 0.2) is 0 Å². The van der Waals surface area contributed by atoms with Gasteiger partial charge in [0.25, 0.3) is 0 Å². The quantitative estimate of drug-likeness (QED) is 0.665. The van der Waals surface area contributed by atoms with Crippen molar-refractivity contribution in [3.63, 3.8) is 0 Å². The zero-order chi connectivity index (χ0) is 24.3. The number of likely N-dealkylation sites (tertiary alicyclic amines) is 1. The Hall–Kier alpha value is -3.55. The molecule has 2 aliphatic heterocycles. The van der Waals surface area contributed by atoms with Gasteiger partial charge in [-0.25, -0.2) is 9.59 Å². The second-order valence-corrected chi connectivity index (χ2v) is 9.59. The van der Waals surface area contributed by atoms with Crippen LogP contribution in [0.4, 0.5) is 10.5 Å². The number of aryl methyl sites for hydroxylation is 1. The molecule has 180 valence electrons. The zero-order valence-corrected chi connectivity index (χ0v) is 19.7. The molecule has 1 N–H and O–H groups in total. The van der Waals surface area contributed by atoms with Crippen LogP contribution in [0.3, 0.4) is 0 Å². The predicted molar refractivity (Wildman–Crippen MR) is 126 cm³/mol. The lowest BCUT2D eigenvalue weighted by Gasteiger charge is -2.28. The Bertz CT molecular complexity index is 1060. The normalized spacial score (nSPS) is 19.7. The maximum atomic E-state index is 12.9. The smallest absolute Gasteiger partial charge is 0.410 e. The minimum absolute atomic E-state index is 0.0121. The van der Waals surface area contributed by atoms with E-state index in [2.05, 4.69) is 5.32 Å². The summed E-state index contributed by atoms with van der Waals surface area (Å²) >= 11 is 0. The Morgan fingerprint density at radius 3 is 2.59 bits per heavy atom. The van der Waals surface area contributed by atoms with E-state index in [4.69, 9.17) is 14.2 Å². The van der Waals surface area contributed by atoms with Gasteiger partial charge in [-0.1, -0.05) is 24.3 Å². The fraction of sp³-hybridized carbons (Fsp3) is 0.423. The fourth-order valence-corrected chi connectivity index (χ4v) is 4.11. The summed E-state index contributed by atoms with van der Waals surface area (Å²) in [5.41, 5.74) is 1.62. The molecule has 2 aromatic rings. The standard InChI is InChI=1S/C26H30N2O6/c1-26(2,3)34-25(31)28-15-21(13-19(28)16-32-24(30)18-7-5-4-6-8-18)33-20-11-9-17-10-12-23(29)27-22(17)14-20/h4-9,11,14,19,21H,10,12-13,15-16H2,1-3H3,(H,27,29)/t19-,21+/m1/s1. The average molecular weight is 467 g/mol. The van der Waals surface area contributed by atoms with Gasteiger partial charge in [-0.15, -0.1) is 0 Å². The summed E-state index contributed by atoms with van der Waals surface area (Å²) in [5, 5.41) is 2.87. The number of anilines is 1. The van der Waals surface area contributed by atoms with Crippen molar-refractivity contribution in [2.45, 2.75) is 57.8 Å². The van der Waals surface area contributed by atoms with Crippen LogP contribution in [0.2, 0.25) is 0 Å². The average Bonchev–Trinajstić information content (AvgIpc) is 3.19. The summed E-state index contributed by atoms with van der Waals surface area (Å²) in [6.07, 6.45) is 0.864. The van der Waals surface area contributed by atoms with Gasteiger partial charge >= 0.3 is 12.1 Å². The number of rotatable bonds is 5. The van der Waals surface area contributed by atoms with Gasteiger partial charge in [-0.3, -0.25) is 9.69 Å². The minimum atomic E-state index is -0.655. The van der Waals surface area contributed by atoms with Gasteiger partial charge in [0.1, 0.15) is 24.1 Å². The van der Waals surface area contributed by atoms with E-state index in [0.29, 0.717) is 37.1 Å². The Morgan fingerprint density at radius 1 is 1.09 bits per heavy atom. The van der Waals surface area contributed by atoms with Crippen LogP contribution >= 0.6 is 0 Å². The molecule has 1 saturated heterocycles. The number of nitrogens with zero attached hydrogens (tertiary/aromatic N) is 1. The first kappa shape index (κ1) is 23.6. The van der Waals surface area contributed by atoms with Crippen LogP contribution in [0.15, 0.2) is 48.5 Å². The van der Waals surface area contributed by atoms with Gasteiger partial charge in [-0.05, 0) is 51.0 Å². The summed E-state index contributed by atoms with van der Waals surface area (Å²) in [4.78, 5) is 38.6. The van der Waals surface area contributed by atoms with E-state index in [0.717, 1.165) is 11.3 Å². The van der Waals surface area contributed by atoms with Crippen LogP contribution < -0.4 is 10.1 Å². The van der Waals surface area contributed by atoms with Crippen LogP contribution in [0.1, 0.15) is 49.5 Å². The number of fused-ring (bicyclic) bond motifs is 1. The highest BCUT2D eigenvalue weighted by Crippen LogP contribution is 2.30. The molecule has 2 aliphatic rings. The summed E-state index contributed by atoms with van der Waals surface area (Å²) < 4.78 is 17.3. The van der Waals surface area contributed by atoms with E-state index in [9.17, 15) is 14.4 Å². The molecule has 2 heterocycles. The van der Waals surface area contributed by atoms with Crippen molar-refractivity contribution in [1.82, 2.24) is 4.90 Å². The molecular formula is C26H30N2O6. The maximum Gasteiger partial charge on any atom is 0.410 e. The first-order chi connectivity index (χ1) is 16.2. The lowest BCUT2D eigenvalue weighted by Crippen LogP contribution is -2.42. The Balaban J connectivity index is 1.44. The first-order valence-electron chi connectivity index (χ1n) is 11.5. The van der Waals surface area contributed by atoms with Crippen LogP contribution in [-0.2, 0) is 20.7 Å². The van der Waals surface area contributed by atoms with E-state index < -0.39 is 17.7 Å². The molecule has 0 radical (unpaired) electrons. The minimum Gasteiger partial charge on any atom is -0.488 e. The molecule has 8 nitrogen and oxygen atoms in total. The molecule has 0 unspecified atom stereocenters. The molecule has 0 spiro atoms. The van der Waals surface area contributed by atoms with Gasteiger partial charge in [-0.2, -0.15) is 0 Å². The lowest BCUT2D eigenvalue weighted by atomic mass is 10.0. The van der Waals surface area contributed by atoms with Crippen LogP contribution in [0.25, 0.3) is 0 Å². The molecule has 0 aliphatic carbocycles. The number of hydrogen-bond acceptors (Lipinski definition) is 6. The number of carbonyl (C=O) groups excluding carboxylic acids is 3. The number of esters is 1. The molecule has 0 aromatic heterocycles. The SMILES string of the molecule is CC(C)(C)OC(=O)N1C[C@@H](Oc2ccc3c(c2)NC(=O)CC3)C[C@@H]1COC(=O)c1ccccc1. The Morgan fingerprint density at radius 2 is 1.85 bits per heavy atom. The second kappa shape index (κ2) is 9.75. The molecule has 4 rings (SSSR count). The molecule has 0 saturated carbocycles. The third-order valence-corrected chi connectivity index (χ3v) is 5.70. The highest BCUT2D eigenvalue weighted by molar-refractivity contribution is 5.94. The summed E-state index contributed by atoms with van der Waals surface area (Å²) in [7, 11) is 0. The second-order valence-electron chi connectivity index (χ2n) is 9.59. The van der Waals surface area contributed by atoms with Gasteiger partial charge in [0.05, 0.1) is 18.2 Å². The van der Waals surface area contributed by atoms with Crippen LogP contribution in [0.5, 0.6) is 5.75 Å². The van der Waals surface area contributed by atoms with Gasteiger partial charge < -0.3 is 19.5 Å². The van der Waals surface area contributed by atoms with Crippen molar-refractivity contribution in [3.05, 3.63) is 59.7 Å². The largest absolute Gasteiger partial charge is 0.488 e. The van der Waals surface area contributed by atoms with Crippen molar-refractivity contribution in [3.8, 4) is 5.75 Å². The molecule has 1 fully saturated rings. The highest BCUT2D eigenvalue weighted by atomic mass is 16.6. The van der Waals surface area contributed by atoms with Crippen molar-refractivity contribution in [2.75, 3.05) is 18.5 Å². The molecule has 0 bridgehead atoms. The summed E-state index contributed by atoms with van der Waals surface area (Å²) in [6.45, 7) is 5.75. The van der Waals surface area contributed by atoms with Crippen molar-refractivity contribution < 1.29 is 28.6 Å². The van der Waals surface area contributed by atoms with E-state index in [1.165, 1.54) is 0 Å². The Labute approximate surface area is 199 Å². The fourth-order valence-electron chi connectivity index (χ4n) is 4.11. The number of amides is 2. The van der Waals surface area contributed by atoms with E-state index in [-0.39, 0.29) is 24.7 Å².